The van der Waals surface area contributed by atoms with Crippen LogP contribution in [0.4, 0.5) is 11.6 Å². The molecule has 33 heavy (non-hydrogen) atoms. The van der Waals surface area contributed by atoms with E-state index in [1.54, 1.807) is 49.0 Å². The molecule has 0 bridgehead atoms. The van der Waals surface area contributed by atoms with Crippen molar-refractivity contribution >= 4 is 21.8 Å². The molecule has 0 amide bonds. The van der Waals surface area contributed by atoms with Crippen LogP contribution in [0.1, 0.15) is 18.4 Å². The number of benzene rings is 1. The molecule has 0 radical (unpaired) electrons. The first-order valence-electron chi connectivity index (χ1n) is 10.00. The largest absolute Gasteiger partial charge is 0.377 e. The zero-order valence-corrected chi connectivity index (χ0v) is 19.1. The van der Waals surface area contributed by atoms with Crippen molar-refractivity contribution in [1.29, 1.82) is 0 Å². The first-order chi connectivity index (χ1) is 15.6. The third-order valence-electron chi connectivity index (χ3n) is 4.93. The third kappa shape index (κ3) is 5.69. The Bertz CT molecular complexity index is 1230. The van der Waals surface area contributed by atoms with Gasteiger partial charge in [0.15, 0.2) is 0 Å². The van der Waals surface area contributed by atoms with Gasteiger partial charge in [-0.2, -0.15) is 13.4 Å². The second-order valence-corrected chi connectivity index (χ2v) is 8.71. The van der Waals surface area contributed by atoms with Crippen LogP contribution in [0.5, 0.6) is 0 Å². The van der Waals surface area contributed by atoms with Crippen molar-refractivity contribution in [3.63, 3.8) is 0 Å². The van der Waals surface area contributed by atoms with Gasteiger partial charge in [-0.25, -0.2) is 9.97 Å². The first kappa shape index (κ1) is 24.2. The summed E-state index contributed by atoms with van der Waals surface area (Å²) in [7, 11) is -4.00. The van der Waals surface area contributed by atoms with Gasteiger partial charge in [-0.3, -0.25) is 19.2 Å². The molecule has 0 unspecified atom stereocenters. The monoisotopic (exact) mass is 476 g/mol. The van der Waals surface area contributed by atoms with Crippen LogP contribution in [0.2, 0.25) is 0 Å². The van der Waals surface area contributed by atoms with Crippen LogP contribution in [0.15, 0.2) is 47.6 Å². The minimum atomic E-state index is -4.00. The molecular formula is C20H24N6O6S. The summed E-state index contributed by atoms with van der Waals surface area (Å²) in [6.45, 7) is 7.24. The van der Waals surface area contributed by atoms with Gasteiger partial charge in [-0.05, 0) is 32.9 Å². The van der Waals surface area contributed by atoms with E-state index in [-0.39, 0.29) is 22.4 Å². The second kappa shape index (κ2) is 10.0. The third-order valence-corrected chi connectivity index (χ3v) is 5.80. The molecule has 0 saturated carbocycles. The molecule has 1 N–H and O–H groups in total. The van der Waals surface area contributed by atoms with Crippen LogP contribution in [0, 0.1) is 24.0 Å². The van der Waals surface area contributed by atoms with Crippen LogP contribution in [0.25, 0.3) is 5.82 Å². The highest BCUT2D eigenvalue weighted by molar-refractivity contribution is 7.85. The molecule has 1 atom stereocenters. The molecule has 1 saturated heterocycles. The van der Waals surface area contributed by atoms with E-state index in [1.165, 1.54) is 12.1 Å². The fraction of sp³-hybridized carbons (Fsp3) is 0.350. The molecular weight excluding hydrogens is 452 g/mol. The Morgan fingerprint density at radius 2 is 1.91 bits per heavy atom. The molecule has 0 aliphatic carbocycles. The number of aromatic nitrogens is 4. The zero-order chi connectivity index (χ0) is 24.2. The summed E-state index contributed by atoms with van der Waals surface area (Å²) in [6, 6.07) is 7.53. The number of hydrogen-bond acceptors (Lipinski definition) is 9. The van der Waals surface area contributed by atoms with Crippen molar-refractivity contribution in [2.75, 3.05) is 24.7 Å². The predicted molar refractivity (Wildman–Crippen MR) is 119 cm³/mol. The summed E-state index contributed by atoms with van der Waals surface area (Å²) in [5.41, 5.74) is 0.234. The van der Waals surface area contributed by atoms with Crippen molar-refractivity contribution in [2.24, 2.45) is 0 Å². The number of ether oxygens (including phenoxy) is 1. The predicted octanol–water partition coefficient (Wildman–Crippen LogP) is 2.35. The number of nitro groups is 1. The van der Waals surface area contributed by atoms with E-state index in [1.807, 2.05) is 11.8 Å². The molecule has 1 aliphatic heterocycles. The van der Waals surface area contributed by atoms with Gasteiger partial charge in [-0.1, -0.05) is 18.2 Å². The molecule has 3 heterocycles. The molecule has 1 fully saturated rings. The van der Waals surface area contributed by atoms with E-state index >= 15 is 0 Å². The standard InChI is InChI=1S/C14H18N6O3.C6H6O3S/c1-9-8-23-7-6-18(9)14-16-10(2)12(20(21)22)13(17-14)19-5-4-15-11(19)3;7-10(8,9)6-4-2-1-3-5-6/h4-5,9H,6-8H2,1-3H3;1-5H,(H,7,8,9)/t9-;/m0./s1. The van der Waals surface area contributed by atoms with Crippen LogP contribution in [-0.2, 0) is 14.9 Å². The lowest BCUT2D eigenvalue weighted by atomic mass is 10.2. The van der Waals surface area contributed by atoms with Gasteiger partial charge in [-0.15, -0.1) is 0 Å². The summed E-state index contributed by atoms with van der Waals surface area (Å²) < 4.78 is 36.3. The maximum atomic E-state index is 11.5. The molecule has 176 valence electrons. The highest BCUT2D eigenvalue weighted by atomic mass is 32.2. The highest BCUT2D eigenvalue weighted by Gasteiger charge is 2.28. The number of aryl methyl sites for hydroxylation is 2. The summed E-state index contributed by atoms with van der Waals surface area (Å²) in [5, 5.41) is 11.5. The number of rotatable bonds is 4. The van der Waals surface area contributed by atoms with Crippen molar-refractivity contribution < 1.29 is 22.6 Å². The van der Waals surface area contributed by atoms with Crippen LogP contribution in [0.3, 0.4) is 0 Å². The van der Waals surface area contributed by atoms with E-state index in [2.05, 4.69) is 15.0 Å². The molecule has 4 rings (SSSR count). The van der Waals surface area contributed by atoms with E-state index in [0.717, 1.165) is 0 Å². The smallest absolute Gasteiger partial charge is 0.333 e. The van der Waals surface area contributed by atoms with E-state index < -0.39 is 15.0 Å². The Morgan fingerprint density at radius 3 is 2.42 bits per heavy atom. The Kier molecular flexibility index (Phi) is 7.36. The highest BCUT2D eigenvalue weighted by Crippen LogP contribution is 2.28. The SMILES string of the molecule is Cc1nc(N2CCOC[C@@H]2C)nc(-n2ccnc2C)c1[N+](=O)[O-].O=S(=O)(O)c1ccccc1. The van der Waals surface area contributed by atoms with Crippen LogP contribution >= 0.6 is 0 Å². The van der Waals surface area contributed by atoms with Gasteiger partial charge in [0.05, 0.1) is 29.1 Å². The van der Waals surface area contributed by atoms with Gasteiger partial charge >= 0.3 is 5.69 Å². The Labute approximate surface area is 190 Å². The average Bonchev–Trinajstić information content (AvgIpc) is 3.19. The average molecular weight is 477 g/mol. The fourth-order valence-corrected chi connectivity index (χ4v) is 3.77. The van der Waals surface area contributed by atoms with E-state index in [4.69, 9.17) is 9.29 Å². The van der Waals surface area contributed by atoms with Crippen LogP contribution in [-0.4, -0.2) is 63.2 Å². The maximum Gasteiger partial charge on any atom is 0.333 e. The van der Waals surface area contributed by atoms with Crippen LogP contribution < -0.4 is 4.90 Å². The Hall–Kier alpha value is -3.42. The first-order valence-corrected chi connectivity index (χ1v) is 11.4. The van der Waals surface area contributed by atoms with Gasteiger partial charge < -0.3 is 9.64 Å². The van der Waals surface area contributed by atoms with Gasteiger partial charge in [0, 0.05) is 18.9 Å². The summed E-state index contributed by atoms with van der Waals surface area (Å²) in [6.07, 6.45) is 3.25. The van der Waals surface area contributed by atoms with Crippen molar-refractivity contribution in [2.45, 2.75) is 31.7 Å². The molecule has 13 heteroatoms. The van der Waals surface area contributed by atoms with Crippen molar-refractivity contribution in [1.82, 2.24) is 19.5 Å². The quantitative estimate of drug-likeness (QED) is 0.337. The number of nitrogens with zero attached hydrogens (tertiary/aromatic N) is 6. The normalized spacial score (nSPS) is 16.1. The fourth-order valence-electron chi connectivity index (χ4n) is 3.27. The lowest BCUT2D eigenvalue weighted by molar-refractivity contribution is -0.385. The Morgan fingerprint density at radius 1 is 1.21 bits per heavy atom. The Balaban J connectivity index is 0.000000257. The minimum Gasteiger partial charge on any atom is -0.377 e. The number of morpholine rings is 1. The van der Waals surface area contributed by atoms with E-state index in [0.29, 0.717) is 37.2 Å². The maximum absolute atomic E-state index is 11.5. The number of imidazole rings is 1. The molecule has 2 aromatic heterocycles. The van der Waals surface area contributed by atoms with Crippen molar-refractivity contribution in [3.8, 4) is 5.82 Å². The minimum absolute atomic E-state index is 0.0741. The van der Waals surface area contributed by atoms with Gasteiger partial charge in [0.25, 0.3) is 10.1 Å². The number of anilines is 1. The molecule has 12 nitrogen and oxygen atoms in total. The second-order valence-electron chi connectivity index (χ2n) is 7.29. The van der Waals surface area contributed by atoms with Gasteiger partial charge in [0.2, 0.25) is 11.8 Å². The summed E-state index contributed by atoms with van der Waals surface area (Å²) in [4.78, 5) is 25.9. The van der Waals surface area contributed by atoms with Gasteiger partial charge in [0.1, 0.15) is 11.5 Å². The molecule has 1 aliphatic rings. The molecule has 3 aromatic rings. The summed E-state index contributed by atoms with van der Waals surface area (Å²) in [5.74, 6) is 1.35. The summed E-state index contributed by atoms with van der Waals surface area (Å²) >= 11 is 0. The topological polar surface area (TPSA) is 154 Å². The zero-order valence-electron chi connectivity index (χ0n) is 18.3. The molecule has 1 aromatic carbocycles. The van der Waals surface area contributed by atoms with Crippen molar-refractivity contribution in [3.05, 3.63) is 64.4 Å². The lowest BCUT2D eigenvalue weighted by Crippen LogP contribution is -2.44. The number of hydrogen-bond donors (Lipinski definition) is 1. The van der Waals surface area contributed by atoms with E-state index in [9.17, 15) is 18.5 Å². The molecule has 0 spiro atoms. The lowest BCUT2D eigenvalue weighted by Gasteiger charge is -2.33.